The van der Waals surface area contributed by atoms with E-state index >= 15 is 0 Å². The predicted molar refractivity (Wildman–Crippen MR) is 110 cm³/mol. The Kier molecular flexibility index (Phi) is 3.94. The van der Waals surface area contributed by atoms with Gasteiger partial charge in [-0.2, -0.15) is 0 Å². The second-order valence-corrected chi connectivity index (χ2v) is 6.65. The lowest BCUT2D eigenvalue weighted by atomic mass is 10.1. The Labute approximate surface area is 162 Å². The molecule has 0 fully saturated rings. The van der Waals surface area contributed by atoms with Gasteiger partial charge in [-0.05, 0) is 29.8 Å². The van der Waals surface area contributed by atoms with Crippen molar-refractivity contribution in [1.29, 1.82) is 0 Å². The van der Waals surface area contributed by atoms with Gasteiger partial charge in [0.15, 0.2) is 12.1 Å². The van der Waals surface area contributed by atoms with Crippen LogP contribution in [0.4, 0.5) is 5.95 Å². The molecule has 6 nitrogen and oxygen atoms in total. The standard InChI is InChI=1S/C22H19N5O/c23-21-25-20(27-19-12-5-4-11-18(19)24-22(27)26-21)16-9-6-10-17(13-16)28-14-15-7-2-1-3-8-15/h1-13,20H,14H2,(H3,23,24,25,26). The number of ether oxygens (including phenoxy) is 1. The van der Waals surface area contributed by atoms with Gasteiger partial charge in [-0.15, -0.1) is 0 Å². The molecule has 0 saturated carbocycles. The van der Waals surface area contributed by atoms with Gasteiger partial charge in [-0.3, -0.25) is 9.88 Å². The Bertz CT molecular complexity index is 1170. The first-order valence-corrected chi connectivity index (χ1v) is 9.12. The number of fused-ring (bicyclic) bond motifs is 3. The van der Waals surface area contributed by atoms with Crippen molar-refractivity contribution >= 4 is 22.9 Å². The number of hydrogen-bond acceptors (Lipinski definition) is 5. The van der Waals surface area contributed by atoms with Gasteiger partial charge in [0, 0.05) is 5.56 Å². The van der Waals surface area contributed by atoms with Gasteiger partial charge in [-0.25, -0.2) is 9.98 Å². The number of nitrogens with zero attached hydrogens (tertiary/aromatic N) is 3. The van der Waals surface area contributed by atoms with Crippen molar-refractivity contribution < 1.29 is 4.74 Å². The maximum absolute atomic E-state index is 6.03. The summed E-state index contributed by atoms with van der Waals surface area (Å²) < 4.78 is 8.04. The number of anilines is 1. The first-order valence-electron chi connectivity index (χ1n) is 9.12. The first kappa shape index (κ1) is 16.4. The summed E-state index contributed by atoms with van der Waals surface area (Å²) in [6.07, 6.45) is -0.302. The molecule has 3 N–H and O–H groups in total. The normalized spacial score (nSPS) is 15.6. The topological polar surface area (TPSA) is 77.5 Å². The number of nitrogens with one attached hydrogen (secondary N) is 1. The molecule has 1 atom stereocenters. The van der Waals surface area contributed by atoms with Crippen molar-refractivity contribution in [3.05, 3.63) is 90.0 Å². The lowest BCUT2D eigenvalue weighted by molar-refractivity contribution is 0.305. The zero-order chi connectivity index (χ0) is 18.9. The van der Waals surface area contributed by atoms with E-state index in [1.54, 1.807) is 0 Å². The van der Waals surface area contributed by atoms with Gasteiger partial charge in [0.2, 0.25) is 5.95 Å². The molecule has 5 rings (SSSR count). The van der Waals surface area contributed by atoms with Crippen LogP contribution in [-0.4, -0.2) is 15.5 Å². The van der Waals surface area contributed by atoms with Gasteiger partial charge >= 0.3 is 0 Å². The van der Waals surface area contributed by atoms with Gasteiger partial charge in [0.05, 0.1) is 11.0 Å². The largest absolute Gasteiger partial charge is 0.489 e. The van der Waals surface area contributed by atoms with Crippen molar-refractivity contribution in [1.82, 2.24) is 9.55 Å². The molecule has 4 aromatic rings. The summed E-state index contributed by atoms with van der Waals surface area (Å²) >= 11 is 0. The summed E-state index contributed by atoms with van der Waals surface area (Å²) in [5, 5.41) is 3.06. The van der Waals surface area contributed by atoms with Crippen molar-refractivity contribution in [2.75, 3.05) is 5.32 Å². The fraction of sp³-hybridized carbons (Fsp3) is 0.0909. The Morgan fingerprint density at radius 1 is 0.964 bits per heavy atom. The maximum atomic E-state index is 6.03. The number of imidazole rings is 1. The van der Waals surface area contributed by atoms with Crippen LogP contribution < -0.4 is 15.8 Å². The van der Waals surface area contributed by atoms with E-state index in [1.807, 2.05) is 78.9 Å². The zero-order valence-corrected chi connectivity index (χ0v) is 15.1. The molecule has 1 aliphatic heterocycles. The van der Waals surface area contributed by atoms with Crippen LogP contribution in [0.5, 0.6) is 5.75 Å². The molecule has 0 aliphatic carbocycles. The van der Waals surface area contributed by atoms with Gasteiger partial charge in [0.1, 0.15) is 12.4 Å². The van der Waals surface area contributed by atoms with Gasteiger partial charge < -0.3 is 10.5 Å². The van der Waals surface area contributed by atoms with E-state index in [-0.39, 0.29) is 6.17 Å². The highest BCUT2D eigenvalue weighted by atomic mass is 16.5. The molecule has 6 heteroatoms. The monoisotopic (exact) mass is 369 g/mol. The number of nitrogens with two attached hydrogens (primary N) is 1. The van der Waals surface area contributed by atoms with E-state index in [0.717, 1.165) is 27.9 Å². The number of rotatable bonds is 4. The van der Waals surface area contributed by atoms with Crippen molar-refractivity contribution in [2.24, 2.45) is 10.7 Å². The zero-order valence-electron chi connectivity index (χ0n) is 15.1. The molecule has 138 valence electrons. The highest BCUT2D eigenvalue weighted by Crippen LogP contribution is 2.33. The van der Waals surface area contributed by atoms with E-state index in [9.17, 15) is 0 Å². The molecule has 3 aromatic carbocycles. The summed E-state index contributed by atoms with van der Waals surface area (Å²) in [4.78, 5) is 9.26. The molecule has 1 aliphatic rings. The number of aromatic nitrogens is 2. The maximum Gasteiger partial charge on any atom is 0.212 e. The molecule has 0 saturated heterocycles. The molecular formula is C22H19N5O. The Morgan fingerprint density at radius 2 is 1.79 bits per heavy atom. The van der Waals surface area contributed by atoms with Gasteiger partial charge in [0.25, 0.3) is 0 Å². The fourth-order valence-corrected chi connectivity index (χ4v) is 3.45. The van der Waals surface area contributed by atoms with E-state index in [4.69, 9.17) is 10.5 Å². The smallest absolute Gasteiger partial charge is 0.212 e. The second kappa shape index (κ2) is 6.74. The molecule has 2 heterocycles. The molecule has 0 bridgehead atoms. The van der Waals surface area contributed by atoms with Crippen LogP contribution in [0.3, 0.4) is 0 Å². The number of aliphatic imine (C=N–C) groups is 1. The second-order valence-electron chi connectivity index (χ2n) is 6.65. The Morgan fingerprint density at radius 3 is 2.68 bits per heavy atom. The lowest BCUT2D eigenvalue weighted by Gasteiger charge is -2.24. The number of para-hydroxylation sites is 2. The third kappa shape index (κ3) is 2.95. The molecule has 1 aromatic heterocycles. The Balaban J connectivity index is 1.50. The van der Waals surface area contributed by atoms with Crippen LogP contribution in [-0.2, 0) is 6.61 Å². The van der Waals surface area contributed by atoms with Crippen LogP contribution in [0.1, 0.15) is 17.3 Å². The van der Waals surface area contributed by atoms with Crippen LogP contribution in [0, 0.1) is 0 Å². The van der Waals surface area contributed by atoms with E-state index < -0.39 is 0 Å². The average molecular weight is 369 g/mol. The van der Waals surface area contributed by atoms with Crippen LogP contribution >= 0.6 is 0 Å². The third-order valence-corrected chi connectivity index (χ3v) is 4.75. The van der Waals surface area contributed by atoms with Crippen LogP contribution in [0.25, 0.3) is 11.0 Å². The van der Waals surface area contributed by atoms with Crippen LogP contribution in [0.2, 0.25) is 0 Å². The number of hydrogen-bond donors (Lipinski definition) is 2. The highest BCUT2D eigenvalue weighted by Gasteiger charge is 2.25. The van der Waals surface area contributed by atoms with Crippen molar-refractivity contribution in [3.8, 4) is 5.75 Å². The Hall–Kier alpha value is -3.80. The summed E-state index contributed by atoms with van der Waals surface area (Å²) in [7, 11) is 0. The van der Waals surface area contributed by atoms with Crippen molar-refractivity contribution in [3.63, 3.8) is 0 Å². The number of guanidine groups is 1. The molecule has 28 heavy (non-hydrogen) atoms. The summed E-state index contributed by atoms with van der Waals surface area (Å²) in [6.45, 7) is 0.515. The summed E-state index contributed by atoms with van der Waals surface area (Å²) in [5.74, 6) is 1.83. The highest BCUT2D eigenvalue weighted by molar-refractivity contribution is 5.94. The predicted octanol–water partition coefficient (Wildman–Crippen LogP) is 3.90. The summed E-state index contributed by atoms with van der Waals surface area (Å²) in [5.41, 5.74) is 10.0. The molecule has 0 amide bonds. The SMILES string of the molecule is NC1=NC(c2cccc(OCc3ccccc3)c2)n2c(nc3ccccc32)N1. The lowest BCUT2D eigenvalue weighted by Crippen LogP contribution is -2.31. The molecule has 1 unspecified atom stereocenters. The quantitative estimate of drug-likeness (QED) is 0.572. The van der Waals surface area contributed by atoms with Crippen LogP contribution in [0.15, 0.2) is 83.9 Å². The first-order chi connectivity index (χ1) is 13.8. The minimum atomic E-state index is -0.302. The molecule has 0 radical (unpaired) electrons. The van der Waals surface area contributed by atoms with Crippen molar-refractivity contribution in [2.45, 2.75) is 12.8 Å². The molecule has 0 spiro atoms. The minimum Gasteiger partial charge on any atom is -0.489 e. The van der Waals surface area contributed by atoms with E-state index in [1.165, 1.54) is 0 Å². The fourth-order valence-electron chi connectivity index (χ4n) is 3.45. The number of benzene rings is 3. The van der Waals surface area contributed by atoms with E-state index in [0.29, 0.717) is 18.5 Å². The van der Waals surface area contributed by atoms with E-state index in [2.05, 4.69) is 19.9 Å². The minimum absolute atomic E-state index is 0.302. The third-order valence-electron chi connectivity index (χ3n) is 4.75. The summed E-state index contributed by atoms with van der Waals surface area (Å²) in [6, 6.07) is 26.1. The average Bonchev–Trinajstić information content (AvgIpc) is 3.11. The molecular weight excluding hydrogens is 350 g/mol. The van der Waals surface area contributed by atoms with Gasteiger partial charge in [-0.1, -0.05) is 54.6 Å².